The van der Waals surface area contributed by atoms with E-state index in [1.807, 2.05) is 17.0 Å². The molecule has 114 valence electrons. The average molecular weight is 288 g/mol. The van der Waals surface area contributed by atoms with Crippen molar-refractivity contribution < 1.29 is 9.53 Å². The van der Waals surface area contributed by atoms with Crippen LogP contribution in [0.3, 0.4) is 0 Å². The topological polar surface area (TPSA) is 41.6 Å². The number of carbonyl (C=O) groups excluding carboxylic acids is 1. The summed E-state index contributed by atoms with van der Waals surface area (Å²) in [5.74, 6) is 1.17. The van der Waals surface area contributed by atoms with E-state index in [0.717, 1.165) is 31.7 Å². The number of para-hydroxylation sites is 1. The number of hydrogen-bond acceptors (Lipinski definition) is 3. The van der Waals surface area contributed by atoms with Crippen LogP contribution in [0.25, 0.3) is 0 Å². The van der Waals surface area contributed by atoms with Crippen LogP contribution in [0.15, 0.2) is 24.3 Å². The maximum atomic E-state index is 11.4. The lowest BCUT2D eigenvalue weighted by Crippen LogP contribution is -2.49. The number of benzene rings is 1. The lowest BCUT2D eigenvalue weighted by Gasteiger charge is -2.36. The van der Waals surface area contributed by atoms with E-state index in [9.17, 15) is 4.79 Å². The van der Waals surface area contributed by atoms with Gasteiger partial charge >= 0.3 is 0 Å². The molecule has 2 aliphatic rings. The van der Waals surface area contributed by atoms with E-state index in [-0.39, 0.29) is 17.6 Å². The summed E-state index contributed by atoms with van der Waals surface area (Å²) in [7, 11) is 0. The van der Waals surface area contributed by atoms with Crippen molar-refractivity contribution in [2.45, 2.75) is 51.3 Å². The Balaban J connectivity index is 1.69. The van der Waals surface area contributed by atoms with Gasteiger partial charge in [-0.3, -0.25) is 4.79 Å². The first-order chi connectivity index (χ1) is 9.97. The van der Waals surface area contributed by atoms with Gasteiger partial charge in [0.05, 0.1) is 6.04 Å². The first-order valence-electron chi connectivity index (χ1n) is 7.77. The van der Waals surface area contributed by atoms with Crippen LogP contribution in [-0.2, 0) is 4.79 Å². The van der Waals surface area contributed by atoms with Gasteiger partial charge in [0.15, 0.2) is 0 Å². The van der Waals surface area contributed by atoms with Crippen LogP contribution in [0.5, 0.6) is 5.75 Å². The molecule has 4 nitrogen and oxygen atoms in total. The second kappa shape index (κ2) is 5.34. The molecule has 1 fully saturated rings. The third kappa shape index (κ3) is 2.77. The van der Waals surface area contributed by atoms with Crippen molar-refractivity contribution in [2.75, 3.05) is 13.1 Å². The van der Waals surface area contributed by atoms with E-state index in [2.05, 4.69) is 31.3 Å². The highest BCUT2D eigenvalue weighted by Crippen LogP contribution is 2.43. The summed E-state index contributed by atoms with van der Waals surface area (Å²) < 4.78 is 6.08. The zero-order valence-corrected chi connectivity index (χ0v) is 13.1. The maximum absolute atomic E-state index is 11.4. The van der Waals surface area contributed by atoms with Gasteiger partial charge in [0.25, 0.3) is 0 Å². The third-order valence-corrected chi connectivity index (χ3v) is 4.64. The second-order valence-corrected chi connectivity index (χ2v) is 6.62. The van der Waals surface area contributed by atoms with Crippen molar-refractivity contribution in [3.63, 3.8) is 0 Å². The smallest absolute Gasteiger partial charge is 0.219 e. The molecule has 1 unspecified atom stereocenters. The van der Waals surface area contributed by atoms with Crippen molar-refractivity contribution >= 4 is 5.91 Å². The zero-order valence-electron chi connectivity index (χ0n) is 13.1. The molecule has 4 heteroatoms. The SMILES string of the molecule is CC(=O)N1CCC(NC2c3ccccc3OC2(C)C)CC1. The number of likely N-dealkylation sites (tertiary alicyclic amines) is 1. The minimum Gasteiger partial charge on any atom is -0.486 e. The highest BCUT2D eigenvalue weighted by molar-refractivity contribution is 5.73. The monoisotopic (exact) mass is 288 g/mol. The summed E-state index contributed by atoms with van der Waals surface area (Å²) >= 11 is 0. The summed E-state index contributed by atoms with van der Waals surface area (Å²) in [5.41, 5.74) is 1.01. The van der Waals surface area contributed by atoms with Crippen molar-refractivity contribution in [1.82, 2.24) is 10.2 Å². The molecule has 1 N–H and O–H groups in total. The van der Waals surface area contributed by atoms with Gasteiger partial charge in [-0.1, -0.05) is 18.2 Å². The zero-order chi connectivity index (χ0) is 15.0. The van der Waals surface area contributed by atoms with Gasteiger partial charge in [-0.25, -0.2) is 0 Å². The van der Waals surface area contributed by atoms with Gasteiger partial charge in [0, 0.05) is 31.6 Å². The van der Waals surface area contributed by atoms with Crippen molar-refractivity contribution in [3.05, 3.63) is 29.8 Å². The summed E-state index contributed by atoms with van der Waals surface area (Å²) in [6.07, 6.45) is 2.02. The number of hydrogen-bond donors (Lipinski definition) is 1. The molecule has 2 aliphatic heterocycles. The second-order valence-electron chi connectivity index (χ2n) is 6.62. The van der Waals surface area contributed by atoms with Crippen molar-refractivity contribution in [1.29, 1.82) is 0 Å². The number of nitrogens with zero attached hydrogens (tertiary/aromatic N) is 1. The fourth-order valence-electron chi connectivity index (χ4n) is 3.42. The molecule has 1 saturated heterocycles. The predicted molar refractivity (Wildman–Crippen MR) is 82.3 cm³/mol. The standard InChI is InChI=1S/C17H24N2O2/c1-12(20)19-10-8-13(9-11-19)18-16-14-6-4-5-7-15(14)21-17(16,2)3/h4-7,13,16,18H,8-11H2,1-3H3. The Morgan fingerprint density at radius 1 is 1.29 bits per heavy atom. The molecular formula is C17H24N2O2. The first-order valence-corrected chi connectivity index (χ1v) is 7.77. The summed E-state index contributed by atoms with van der Waals surface area (Å²) in [6.45, 7) is 7.62. The molecule has 1 aromatic carbocycles. The van der Waals surface area contributed by atoms with Crippen LogP contribution in [0.2, 0.25) is 0 Å². The summed E-state index contributed by atoms with van der Waals surface area (Å²) in [4.78, 5) is 13.3. The maximum Gasteiger partial charge on any atom is 0.219 e. The van der Waals surface area contributed by atoms with Gasteiger partial charge in [-0.2, -0.15) is 0 Å². The van der Waals surface area contributed by atoms with Crippen LogP contribution in [-0.4, -0.2) is 35.5 Å². The Morgan fingerprint density at radius 3 is 2.62 bits per heavy atom. The minimum atomic E-state index is -0.235. The van der Waals surface area contributed by atoms with Crippen LogP contribution in [0.4, 0.5) is 0 Å². The molecule has 0 aromatic heterocycles. The highest BCUT2D eigenvalue weighted by Gasteiger charge is 2.42. The van der Waals surface area contributed by atoms with Gasteiger partial charge in [-0.05, 0) is 32.8 Å². The average Bonchev–Trinajstić information content (AvgIpc) is 2.70. The van der Waals surface area contributed by atoms with Crippen molar-refractivity contribution in [3.8, 4) is 5.75 Å². The van der Waals surface area contributed by atoms with Crippen LogP contribution < -0.4 is 10.1 Å². The van der Waals surface area contributed by atoms with E-state index >= 15 is 0 Å². The Morgan fingerprint density at radius 2 is 1.95 bits per heavy atom. The number of fused-ring (bicyclic) bond motifs is 1. The molecule has 0 saturated carbocycles. The number of ether oxygens (including phenoxy) is 1. The fraction of sp³-hybridized carbons (Fsp3) is 0.588. The quantitative estimate of drug-likeness (QED) is 0.909. The lowest BCUT2D eigenvalue weighted by molar-refractivity contribution is -0.130. The number of rotatable bonds is 2. The first kappa shape index (κ1) is 14.4. The van der Waals surface area contributed by atoms with E-state index < -0.39 is 0 Å². The molecule has 2 heterocycles. The van der Waals surface area contributed by atoms with E-state index in [1.54, 1.807) is 6.92 Å². The molecule has 0 spiro atoms. The van der Waals surface area contributed by atoms with E-state index in [1.165, 1.54) is 5.56 Å². The molecule has 0 aliphatic carbocycles. The third-order valence-electron chi connectivity index (χ3n) is 4.64. The van der Waals surface area contributed by atoms with Crippen LogP contribution in [0, 0.1) is 0 Å². The minimum absolute atomic E-state index is 0.184. The number of amides is 1. The Kier molecular flexibility index (Phi) is 3.66. The van der Waals surface area contributed by atoms with E-state index in [4.69, 9.17) is 4.74 Å². The summed E-state index contributed by atoms with van der Waals surface area (Å²) in [6, 6.07) is 8.92. The van der Waals surface area contributed by atoms with Gasteiger partial charge in [0.1, 0.15) is 11.4 Å². The molecule has 0 bridgehead atoms. The van der Waals surface area contributed by atoms with E-state index in [0.29, 0.717) is 6.04 Å². The highest BCUT2D eigenvalue weighted by atomic mass is 16.5. The normalized spacial score (nSPS) is 24.5. The molecule has 0 radical (unpaired) electrons. The van der Waals surface area contributed by atoms with Gasteiger partial charge in [0.2, 0.25) is 5.91 Å². The Bertz CT molecular complexity index is 533. The predicted octanol–water partition coefficient (Wildman–Crippen LogP) is 2.50. The van der Waals surface area contributed by atoms with Crippen LogP contribution in [0.1, 0.15) is 45.2 Å². The fourth-order valence-corrected chi connectivity index (χ4v) is 3.42. The number of carbonyl (C=O) groups is 1. The summed E-state index contributed by atoms with van der Waals surface area (Å²) in [5, 5.41) is 3.76. The number of nitrogens with one attached hydrogen (secondary N) is 1. The molecular weight excluding hydrogens is 264 g/mol. The molecule has 1 amide bonds. The molecule has 1 atom stereocenters. The van der Waals surface area contributed by atoms with Crippen molar-refractivity contribution in [2.24, 2.45) is 0 Å². The number of piperidine rings is 1. The molecule has 3 rings (SSSR count). The largest absolute Gasteiger partial charge is 0.486 e. The van der Waals surface area contributed by atoms with Gasteiger partial charge < -0.3 is 15.0 Å². The molecule has 1 aromatic rings. The Labute approximate surface area is 126 Å². The Hall–Kier alpha value is -1.55. The van der Waals surface area contributed by atoms with Gasteiger partial charge in [-0.15, -0.1) is 0 Å². The van der Waals surface area contributed by atoms with Crippen LogP contribution >= 0.6 is 0 Å². The molecule has 21 heavy (non-hydrogen) atoms. The lowest BCUT2D eigenvalue weighted by atomic mass is 9.92.